The lowest BCUT2D eigenvalue weighted by Gasteiger charge is -2.33. The number of carbonyl (C=O) groups is 1. The predicted octanol–water partition coefficient (Wildman–Crippen LogP) is 4.95. The molecule has 1 saturated carbocycles. The van der Waals surface area contributed by atoms with Crippen LogP contribution in [0.4, 0.5) is 17.5 Å². The van der Waals surface area contributed by atoms with Gasteiger partial charge in [0.05, 0.1) is 18.8 Å². The van der Waals surface area contributed by atoms with Crippen LogP contribution in [0.2, 0.25) is 0 Å². The van der Waals surface area contributed by atoms with Crippen LogP contribution in [-0.4, -0.2) is 85.8 Å². The molecule has 5 heterocycles. The summed E-state index contributed by atoms with van der Waals surface area (Å²) in [5.41, 5.74) is 3.45. The molecule has 46 heavy (non-hydrogen) atoms. The fourth-order valence-electron chi connectivity index (χ4n) is 6.37. The zero-order chi connectivity index (χ0) is 32.1. The highest BCUT2D eigenvalue weighted by atomic mass is 32.2. The number of aromatic hydroxyl groups is 1. The number of rotatable bonds is 7. The highest BCUT2D eigenvalue weighted by Gasteiger charge is 2.28. The van der Waals surface area contributed by atoms with E-state index in [1.807, 2.05) is 26.7 Å². The Morgan fingerprint density at radius 1 is 1.15 bits per heavy atom. The average molecular weight is 662 g/mol. The van der Waals surface area contributed by atoms with E-state index < -0.39 is 11.4 Å². The molecule has 1 atom stereocenters. The minimum atomic E-state index is -1.04. The number of benzene rings is 1. The lowest BCUT2D eigenvalue weighted by molar-refractivity contribution is 0.0815. The molecule has 2 fully saturated rings. The summed E-state index contributed by atoms with van der Waals surface area (Å²) < 4.78 is 22.6. The van der Waals surface area contributed by atoms with Crippen LogP contribution >= 0.6 is 11.3 Å². The number of hydrogen-bond acceptors (Lipinski definition) is 11. The van der Waals surface area contributed by atoms with Gasteiger partial charge in [-0.2, -0.15) is 4.98 Å². The Morgan fingerprint density at radius 2 is 1.91 bits per heavy atom. The van der Waals surface area contributed by atoms with Gasteiger partial charge in [-0.3, -0.25) is 9.59 Å². The van der Waals surface area contributed by atoms with E-state index in [0.717, 1.165) is 31.1 Å². The normalized spacial score (nSPS) is 16.8. The summed E-state index contributed by atoms with van der Waals surface area (Å²) in [5.74, 6) is 0.692. The highest BCUT2D eigenvalue weighted by Crippen LogP contribution is 2.39. The summed E-state index contributed by atoms with van der Waals surface area (Å²) in [6.45, 7) is 2.42. The van der Waals surface area contributed by atoms with Crippen LogP contribution in [0, 0.1) is 0 Å². The summed E-state index contributed by atoms with van der Waals surface area (Å²) >= 11 is 0.270. The van der Waals surface area contributed by atoms with E-state index in [0.29, 0.717) is 76.4 Å². The summed E-state index contributed by atoms with van der Waals surface area (Å²) in [7, 11) is 3.49. The monoisotopic (exact) mass is 661 g/mol. The Hall–Kier alpha value is -4.11. The van der Waals surface area contributed by atoms with Crippen molar-refractivity contribution in [2.75, 3.05) is 56.7 Å². The van der Waals surface area contributed by atoms with Gasteiger partial charge >= 0.3 is 0 Å². The van der Waals surface area contributed by atoms with Crippen molar-refractivity contribution in [3.63, 3.8) is 0 Å². The average Bonchev–Trinajstić information content (AvgIpc) is 3.80. The minimum Gasteiger partial charge on any atom is -0.598 e. The Morgan fingerprint density at radius 3 is 2.61 bits per heavy atom. The van der Waals surface area contributed by atoms with Crippen molar-refractivity contribution >= 4 is 67.4 Å². The number of piperazine rings is 1. The van der Waals surface area contributed by atoms with Crippen LogP contribution < -0.4 is 15.6 Å². The molecule has 0 radical (unpaired) electrons. The molecule has 2 aliphatic rings. The molecule has 0 spiro atoms. The van der Waals surface area contributed by atoms with Gasteiger partial charge in [-0.05, 0) is 36.6 Å². The number of thiophene rings is 1. The first kappa shape index (κ1) is 30.5. The summed E-state index contributed by atoms with van der Waals surface area (Å²) in [5, 5.41) is 16.9. The van der Waals surface area contributed by atoms with Gasteiger partial charge in [0.2, 0.25) is 11.4 Å². The number of fused-ring (bicyclic) bond motifs is 2. The first-order chi connectivity index (χ1) is 22.2. The van der Waals surface area contributed by atoms with Crippen LogP contribution in [0.3, 0.4) is 0 Å². The molecule has 12 nitrogen and oxygen atoms in total. The maximum atomic E-state index is 13.0. The van der Waals surface area contributed by atoms with Gasteiger partial charge in [-0.15, -0.1) is 15.6 Å². The fourth-order valence-corrected chi connectivity index (χ4v) is 7.96. The third-order valence-corrected chi connectivity index (χ3v) is 10.9. The number of phenolic OH excluding ortho intramolecular Hbond substituents is 1. The van der Waals surface area contributed by atoms with Crippen molar-refractivity contribution in [3.8, 4) is 16.9 Å². The lowest BCUT2D eigenvalue weighted by atomic mass is 10.1. The van der Waals surface area contributed by atoms with Gasteiger partial charge in [-0.1, -0.05) is 18.9 Å². The van der Waals surface area contributed by atoms with Crippen LogP contribution in [-0.2, 0) is 11.4 Å². The molecule has 14 heteroatoms. The molecule has 4 aromatic heterocycles. The number of aromatic nitrogens is 3. The summed E-state index contributed by atoms with van der Waals surface area (Å²) in [6.07, 6.45) is 7.57. The van der Waals surface area contributed by atoms with Crippen molar-refractivity contribution < 1.29 is 18.9 Å². The molecular weight excluding hydrogens is 627 g/mol. The smallest absolute Gasteiger partial charge is 0.270 e. The molecule has 1 aliphatic heterocycles. The molecule has 1 amide bonds. The van der Waals surface area contributed by atoms with Crippen molar-refractivity contribution in [1.29, 1.82) is 0 Å². The molecule has 2 N–H and O–H groups in total. The van der Waals surface area contributed by atoms with E-state index in [2.05, 4.69) is 14.9 Å². The SMILES string of the molecule is CN(C)C(=O)c1cc2cnc(Nc3ccc(-c4csc5c(=O)cc(N6CCN([S+](C)[O-])CC6)oc45)cc3O)nc2n1C1CCCC1. The Bertz CT molecular complexity index is 1990. The topological polar surface area (TPSA) is 143 Å². The van der Waals surface area contributed by atoms with Gasteiger partial charge < -0.3 is 33.8 Å². The molecule has 1 saturated heterocycles. The Balaban J connectivity index is 1.17. The van der Waals surface area contributed by atoms with Gasteiger partial charge in [0.15, 0.2) is 11.5 Å². The lowest BCUT2D eigenvalue weighted by Crippen LogP contribution is -2.48. The summed E-state index contributed by atoms with van der Waals surface area (Å²) in [6, 6.07) is 8.78. The minimum absolute atomic E-state index is 0.0163. The molecule has 1 aromatic carbocycles. The Labute approximate surface area is 272 Å². The fraction of sp³-hybridized carbons (Fsp3) is 0.375. The molecule has 240 valence electrons. The van der Waals surface area contributed by atoms with Crippen LogP contribution in [0.15, 0.2) is 51.1 Å². The third kappa shape index (κ3) is 5.59. The maximum Gasteiger partial charge on any atom is 0.270 e. The van der Waals surface area contributed by atoms with E-state index in [1.165, 1.54) is 17.4 Å². The molecule has 7 rings (SSSR count). The first-order valence-electron chi connectivity index (χ1n) is 15.3. The second kappa shape index (κ2) is 12.2. The van der Waals surface area contributed by atoms with Gasteiger partial charge in [0.1, 0.15) is 28.0 Å². The van der Waals surface area contributed by atoms with E-state index in [4.69, 9.17) is 9.40 Å². The van der Waals surface area contributed by atoms with Gasteiger partial charge in [0, 0.05) is 73.2 Å². The van der Waals surface area contributed by atoms with E-state index in [9.17, 15) is 19.2 Å². The van der Waals surface area contributed by atoms with E-state index >= 15 is 0 Å². The van der Waals surface area contributed by atoms with Crippen molar-refractivity contribution in [1.82, 2.24) is 23.7 Å². The van der Waals surface area contributed by atoms with Crippen LogP contribution in [0.25, 0.3) is 32.4 Å². The standard InChI is InChI=1S/C32H35N7O5S2/c1-36(2)31(42)24-14-20-17-33-32(35-30(20)39(24)21-6-4-5-7-21)34-23-9-8-19(15-25(23)40)22-18-45-29-26(41)16-27(44-28(22)29)37-10-12-38(13-11-37)46(3)43/h8-9,14-18,21,40H,4-7,10-13H2,1-3H3,(H,33,34,35). The molecule has 1 aliphatic carbocycles. The molecule has 0 bridgehead atoms. The number of hydrogen-bond donors (Lipinski definition) is 2. The number of phenols is 1. The summed E-state index contributed by atoms with van der Waals surface area (Å²) in [4.78, 5) is 38.9. The van der Waals surface area contributed by atoms with Crippen molar-refractivity contribution in [3.05, 3.63) is 57.8 Å². The van der Waals surface area contributed by atoms with Crippen LogP contribution in [0.5, 0.6) is 5.75 Å². The second-order valence-corrected chi connectivity index (χ2v) is 14.2. The number of nitrogens with zero attached hydrogens (tertiary/aromatic N) is 6. The first-order valence-corrected chi connectivity index (χ1v) is 17.7. The highest BCUT2D eigenvalue weighted by molar-refractivity contribution is 7.88. The van der Waals surface area contributed by atoms with E-state index in [-0.39, 0.29) is 23.1 Å². The number of amides is 1. The van der Waals surface area contributed by atoms with Gasteiger partial charge in [-0.25, -0.2) is 4.98 Å². The van der Waals surface area contributed by atoms with Crippen molar-refractivity contribution in [2.24, 2.45) is 0 Å². The molecular formula is C32H35N7O5S2. The Kier molecular flexibility index (Phi) is 8.13. The number of carbonyl (C=O) groups excluding carboxylic acids is 1. The zero-order valence-electron chi connectivity index (χ0n) is 25.9. The van der Waals surface area contributed by atoms with Crippen LogP contribution in [0.1, 0.15) is 42.2 Å². The van der Waals surface area contributed by atoms with Crippen molar-refractivity contribution in [2.45, 2.75) is 31.7 Å². The largest absolute Gasteiger partial charge is 0.598 e. The van der Waals surface area contributed by atoms with Gasteiger partial charge in [0.25, 0.3) is 5.91 Å². The predicted molar refractivity (Wildman–Crippen MR) is 182 cm³/mol. The quantitative estimate of drug-likeness (QED) is 0.182. The zero-order valence-corrected chi connectivity index (χ0v) is 27.5. The number of anilines is 3. The second-order valence-electron chi connectivity index (χ2n) is 12.0. The molecule has 1 unspecified atom stereocenters. The maximum absolute atomic E-state index is 13.0. The number of nitrogens with one attached hydrogen (secondary N) is 1. The molecule has 5 aromatic rings. The third-order valence-electron chi connectivity index (χ3n) is 8.79. The van der Waals surface area contributed by atoms with E-state index in [1.54, 1.807) is 43.6 Å².